The fraction of sp³-hybridized carbons (Fsp3) is 0.0500. The van der Waals surface area contributed by atoms with E-state index < -0.39 is 182 Å². The minimum Gasteiger partial charge on any atom is -0.218 e. The van der Waals surface area contributed by atoms with Gasteiger partial charge in [-0.05, 0) is 52.9 Å². The number of nitriles is 4. The van der Waals surface area contributed by atoms with Crippen molar-refractivity contribution in [1.29, 1.82) is 21.0 Å². The molecule has 0 N–H and O–H groups in total. The second kappa shape index (κ2) is 14.2. The van der Waals surface area contributed by atoms with Gasteiger partial charge >= 0.3 is 0 Å². The zero-order valence-electron chi connectivity index (χ0n) is 29.6. The van der Waals surface area contributed by atoms with Gasteiger partial charge in [0.1, 0.15) is 45.2 Å². The van der Waals surface area contributed by atoms with Crippen LogP contribution in [-0.2, 0) is 26.1 Å². The van der Waals surface area contributed by atoms with Crippen molar-refractivity contribution in [2.75, 3.05) is 0 Å². The smallest absolute Gasteiger partial charge is 0.212 e. The highest BCUT2D eigenvalue weighted by Gasteiger charge is 2.44. The summed E-state index contributed by atoms with van der Waals surface area (Å²) in [6.07, 6.45) is -0.708. The van der Waals surface area contributed by atoms with Gasteiger partial charge in [0, 0.05) is 39.0 Å². The highest BCUT2D eigenvalue weighted by Crippen LogP contribution is 2.59. The molecule has 2 aliphatic carbocycles. The van der Waals surface area contributed by atoms with E-state index in [-0.39, 0.29) is 0 Å². The van der Waals surface area contributed by atoms with E-state index in [1.807, 2.05) is 0 Å². The molecule has 2 aliphatic rings. The van der Waals surface area contributed by atoms with E-state index in [0.29, 0.717) is 30.3 Å². The van der Waals surface area contributed by atoms with Gasteiger partial charge in [0.2, 0.25) is 25.5 Å². The van der Waals surface area contributed by atoms with Crippen LogP contribution in [0.5, 0.6) is 0 Å². The number of fused-ring (bicyclic) bond motifs is 7. The Morgan fingerprint density at radius 1 is 0.443 bits per heavy atom. The molecule has 5 aromatic carbocycles. The Morgan fingerprint density at radius 3 is 1.25 bits per heavy atom. The van der Waals surface area contributed by atoms with Crippen molar-refractivity contribution < 1.29 is 65.1 Å². The lowest BCUT2D eigenvalue weighted by atomic mass is 9.89. The number of rotatable bonds is 5. The van der Waals surface area contributed by atoms with Gasteiger partial charge in [-0.25, -0.2) is 65.1 Å². The molecule has 61 heavy (non-hydrogen) atoms. The Morgan fingerprint density at radius 2 is 0.803 bits per heavy atom. The Kier molecular flexibility index (Phi) is 9.70. The molecule has 0 unspecified atom stereocenters. The average Bonchev–Trinajstić information content (AvgIpc) is 3.75. The molecule has 304 valence electrons. The molecule has 0 aliphatic heterocycles. The third-order valence-corrected chi connectivity index (χ3v) is 13.5. The maximum atomic E-state index is 16.6. The lowest BCUT2D eigenvalue weighted by Crippen LogP contribution is -2.14. The van der Waals surface area contributed by atoms with Gasteiger partial charge in [-0.15, -0.1) is 0 Å². The van der Waals surface area contributed by atoms with Crippen molar-refractivity contribution in [1.82, 2.24) is 0 Å². The molecule has 5 aromatic rings. The van der Waals surface area contributed by atoms with Crippen molar-refractivity contribution in [2.24, 2.45) is 0 Å². The summed E-state index contributed by atoms with van der Waals surface area (Å²) < 4.78 is 218. The molecule has 0 saturated heterocycles. The molecule has 0 heterocycles. The molecule has 0 saturated carbocycles. The number of nitrogens with zero attached hydrogens (tertiary/aromatic N) is 4. The molecule has 0 fully saturated rings. The first-order valence-corrected chi connectivity index (χ1v) is 19.5. The van der Waals surface area contributed by atoms with E-state index in [9.17, 15) is 73.0 Å². The SMILES string of the molecule is CCc1c(F)c(F)c(F)c(F)c1S(=O)(=O)c1ccc2c(c1)C(=C(C#N)C#N)c1c(F)c(F)c3c(c1-2)C(=C(C#N)C#N)c1cc(S(=O)(=O)c2c(F)c(F)c(F)c(F)c2F)ccc1-3. The minimum atomic E-state index is -5.78. The van der Waals surface area contributed by atoms with Gasteiger partial charge in [-0.3, -0.25) is 0 Å². The minimum absolute atomic E-state index is 0.412. The molecule has 0 radical (unpaired) electrons. The average molecular weight is 885 g/mol. The van der Waals surface area contributed by atoms with Gasteiger partial charge in [0.15, 0.2) is 58.2 Å². The predicted octanol–water partition coefficient (Wildman–Crippen LogP) is 9.10. The number of hydrogen-bond acceptors (Lipinski definition) is 8. The summed E-state index contributed by atoms with van der Waals surface area (Å²) in [6.45, 7) is 1.08. The summed E-state index contributed by atoms with van der Waals surface area (Å²) in [5, 5.41) is 39.9. The van der Waals surface area contributed by atoms with Crippen LogP contribution < -0.4 is 0 Å². The summed E-state index contributed by atoms with van der Waals surface area (Å²) in [6, 6.07) is 9.43. The lowest BCUT2D eigenvalue weighted by Gasteiger charge is -2.14. The summed E-state index contributed by atoms with van der Waals surface area (Å²) in [4.78, 5) is -6.29. The molecule has 8 nitrogen and oxygen atoms in total. The maximum absolute atomic E-state index is 16.6. The van der Waals surface area contributed by atoms with Gasteiger partial charge in [-0.1, -0.05) is 19.1 Å². The number of benzene rings is 5. The Balaban J connectivity index is 1.57. The Labute approximate surface area is 335 Å². The molecular weight excluding hydrogens is 874 g/mol. The second-order valence-electron chi connectivity index (χ2n) is 12.8. The van der Waals surface area contributed by atoms with Crippen LogP contribution in [0.25, 0.3) is 33.4 Å². The van der Waals surface area contributed by atoms with E-state index in [1.54, 1.807) is 0 Å². The molecule has 0 spiro atoms. The van der Waals surface area contributed by atoms with Crippen LogP contribution in [0.15, 0.2) is 67.1 Å². The van der Waals surface area contributed by atoms with Crippen molar-refractivity contribution in [2.45, 2.75) is 32.9 Å². The molecule has 21 heteroatoms. The first-order valence-electron chi connectivity index (χ1n) is 16.5. The van der Waals surface area contributed by atoms with Crippen LogP contribution in [0.3, 0.4) is 0 Å². The normalized spacial score (nSPS) is 12.5. The highest BCUT2D eigenvalue weighted by molar-refractivity contribution is 7.91. The fourth-order valence-corrected chi connectivity index (χ4v) is 10.3. The molecular formula is C40H11F11N4O4S2. The quantitative estimate of drug-likeness (QED) is 0.0543. The predicted molar refractivity (Wildman–Crippen MR) is 185 cm³/mol. The summed E-state index contributed by atoms with van der Waals surface area (Å²) >= 11 is 0. The van der Waals surface area contributed by atoms with Crippen molar-refractivity contribution in [3.05, 3.63) is 139 Å². The highest BCUT2D eigenvalue weighted by atomic mass is 32.2. The van der Waals surface area contributed by atoms with E-state index >= 15 is 13.2 Å². The van der Waals surface area contributed by atoms with Gasteiger partial charge < -0.3 is 0 Å². The number of allylic oxidation sites excluding steroid dienone is 2. The van der Waals surface area contributed by atoms with E-state index in [0.717, 1.165) is 13.0 Å². The van der Waals surface area contributed by atoms with Crippen LogP contribution in [0.2, 0.25) is 0 Å². The summed E-state index contributed by atoms with van der Waals surface area (Å²) in [5.41, 5.74) is -10.1. The number of hydrogen-bond donors (Lipinski definition) is 0. The van der Waals surface area contributed by atoms with Crippen molar-refractivity contribution in [3.8, 4) is 46.5 Å². The van der Waals surface area contributed by atoms with E-state index in [4.69, 9.17) is 0 Å². The third kappa shape index (κ3) is 5.51. The van der Waals surface area contributed by atoms with Crippen LogP contribution in [0, 0.1) is 109 Å². The van der Waals surface area contributed by atoms with Crippen molar-refractivity contribution >= 4 is 30.8 Å². The van der Waals surface area contributed by atoms with E-state index in [2.05, 4.69) is 0 Å². The first kappa shape index (κ1) is 41.8. The molecule has 0 bridgehead atoms. The van der Waals surface area contributed by atoms with Crippen LogP contribution in [0.4, 0.5) is 48.3 Å². The van der Waals surface area contributed by atoms with Crippen LogP contribution >= 0.6 is 0 Å². The Bertz CT molecular complexity index is 3390. The lowest BCUT2D eigenvalue weighted by molar-refractivity contribution is 0.357. The third-order valence-electron chi connectivity index (χ3n) is 9.89. The number of sulfone groups is 2. The number of halogens is 11. The second-order valence-corrected chi connectivity index (χ2v) is 16.6. The standard InChI is InChI=1S/C40H11F11N4O4S2/c1-2-17-28(41)31(44)33(46)36(49)39(17)60(56,57)15-3-5-18-20(7-15)23(14(11-54)12-55)27-24(18)26-22(13(9-52)10-53)21-8-16(4-6-19(21)25(26)29(42)30(27)43)61(58,59)40-37(50)34(47)32(45)35(48)38(40)51/h3-8H,2H2,1H3. The topological polar surface area (TPSA) is 163 Å². The summed E-state index contributed by atoms with van der Waals surface area (Å²) in [5.74, 6) is -26.5. The maximum Gasteiger partial charge on any atom is 0.212 e. The van der Waals surface area contributed by atoms with Crippen LogP contribution in [-0.4, -0.2) is 16.8 Å². The largest absolute Gasteiger partial charge is 0.218 e. The zero-order chi connectivity index (χ0) is 44.9. The van der Waals surface area contributed by atoms with Gasteiger partial charge in [0.25, 0.3) is 0 Å². The molecule has 7 rings (SSSR count). The monoisotopic (exact) mass is 884 g/mol. The fourth-order valence-electron chi connectivity index (χ4n) is 7.30. The first-order chi connectivity index (χ1) is 28.7. The molecule has 0 aromatic heterocycles. The molecule has 0 atom stereocenters. The Hall–Kier alpha value is -7.33. The molecule has 0 amide bonds. The van der Waals surface area contributed by atoms with Gasteiger partial charge in [0.05, 0.1) is 9.79 Å². The summed E-state index contributed by atoms with van der Waals surface area (Å²) in [7, 11) is -11.2. The zero-order valence-corrected chi connectivity index (χ0v) is 31.2. The van der Waals surface area contributed by atoms with Crippen LogP contribution in [0.1, 0.15) is 34.7 Å². The van der Waals surface area contributed by atoms with Crippen molar-refractivity contribution in [3.63, 3.8) is 0 Å². The van der Waals surface area contributed by atoms with E-state index in [1.165, 1.54) is 24.3 Å². The van der Waals surface area contributed by atoms with Gasteiger partial charge in [-0.2, -0.15) is 21.0 Å².